The van der Waals surface area contributed by atoms with Crippen molar-refractivity contribution in [2.45, 2.75) is 19.8 Å². The molecular weight excluding hydrogens is 318 g/mol. The molecule has 2 aromatic carbocycles. The lowest BCUT2D eigenvalue weighted by molar-refractivity contribution is -0.116. The standard InChI is InChI=1S/C19H19N3O3/c1-13-7-3-4-8-14(13)19-22-21-18(25-19)12-11-17(23)20-15-9-5-6-10-16(15)24-2/h3-10H,11-12H2,1-2H3,(H,20,23). The molecule has 1 N–H and O–H groups in total. The third-order valence-electron chi connectivity index (χ3n) is 3.79. The monoisotopic (exact) mass is 337 g/mol. The summed E-state index contributed by atoms with van der Waals surface area (Å²) in [6, 6.07) is 15.1. The van der Waals surface area contributed by atoms with Gasteiger partial charge in [-0.15, -0.1) is 10.2 Å². The summed E-state index contributed by atoms with van der Waals surface area (Å²) in [7, 11) is 1.57. The summed E-state index contributed by atoms with van der Waals surface area (Å²) in [5, 5.41) is 10.9. The summed E-state index contributed by atoms with van der Waals surface area (Å²) in [4.78, 5) is 12.1. The zero-order chi connectivity index (χ0) is 17.6. The van der Waals surface area contributed by atoms with Gasteiger partial charge in [0.2, 0.25) is 17.7 Å². The number of benzene rings is 2. The third-order valence-corrected chi connectivity index (χ3v) is 3.79. The summed E-state index contributed by atoms with van der Waals surface area (Å²) in [5.41, 5.74) is 2.60. The lowest BCUT2D eigenvalue weighted by Gasteiger charge is -2.09. The number of nitrogens with zero attached hydrogens (tertiary/aromatic N) is 2. The molecular formula is C19H19N3O3. The zero-order valence-electron chi connectivity index (χ0n) is 14.2. The summed E-state index contributed by atoms with van der Waals surface area (Å²) in [6.07, 6.45) is 0.618. The first kappa shape index (κ1) is 16.7. The SMILES string of the molecule is COc1ccccc1NC(=O)CCc1nnc(-c2ccccc2C)o1. The van der Waals surface area contributed by atoms with E-state index in [0.29, 0.717) is 29.6 Å². The largest absolute Gasteiger partial charge is 0.495 e. The Morgan fingerprint density at radius 2 is 1.88 bits per heavy atom. The molecule has 6 nitrogen and oxygen atoms in total. The molecule has 0 radical (unpaired) electrons. The van der Waals surface area contributed by atoms with Crippen molar-refractivity contribution in [3.63, 3.8) is 0 Å². The molecule has 3 aromatic rings. The van der Waals surface area contributed by atoms with Gasteiger partial charge in [0, 0.05) is 18.4 Å². The van der Waals surface area contributed by atoms with Crippen LogP contribution in [0.5, 0.6) is 5.75 Å². The summed E-state index contributed by atoms with van der Waals surface area (Å²) < 4.78 is 10.9. The molecule has 0 aliphatic carbocycles. The molecule has 3 rings (SSSR count). The van der Waals surface area contributed by atoms with Crippen molar-refractivity contribution in [1.29, 1.82) is 0 Å². The van der Waals surface area contributed by atoms with E-state index in [1.165, 1.54) is 0 Å². The average molecular weight is 337 g/mol. The molecule has 6 heteroatoms. The van der Waals surface area contributed by atoms with E-state index in [2.05, 4.69) is 15.5 Å². The molecule has 1 amide bonds. The van der Waals surface area contributed by atoms with Gasteiger partial charge in [0.1, 0.15) is 5.75 Å². The first-order valence-corrected chi connectivity index (χ1v) is 7.98. The number of para-hydroxylation sites is 2. The van der Waals surface area contributed by atoms with Crippen LogP contribution in [0.2, 0.25) is 0 Å². The summed E-state index contributed by atoms with van der Waals surface area (Å²) in [5.74, 6) is 1.39. The molecule has 0 aliphatic heterocycles. The number of ether oxygens (including phenoxy) is 1. The van der Waals surface area contributed by atoms with Crippen molar-refractivity contribution in [2.24, 2.45) is 0 Å². The maximum atomic E-state index is 12.1. The van der Waals surface area contributed by atoms with Gasteiger partial charge in [0.05, 0.1) is 12.8 Å². The quantitative estimate of drug-likeness (QED) is 0.743. The van der Waals surface area contributed by atoms with Crippen LogP contribution in [0, 0.1) is 6.92 Å². The van der Waals surface area contributed by atoms with Crippen molar-refractivity contribution >= 4 is 11.6 Å². The highest BCUT2D eigenvalue weighted by atomic mass is 16.5. The van der Waals surface area contributed by atoms with Crippen LogP contribution >= 0.6 is 0 Å². The predicted octanol–water partition coefficient (Wildman–Crippen LogP) is 3.62. The lowest BCUT2D eigenvalue weighted by atomic mass is 10.1. The second kappa shape index (κ2) is 7.61. The number of aromatic nitrogens is 2. The van der Waals surface area contributed by atoms with Crippen LogP contribution in [-0.4, -0.2) is 23.2 Å². The molecule has 1 aromatic heterocycles. The van der Waals surface area contributed by atoms with Gasteiger partial charge >= 0.3 is 0 Å². The second-order valence-corrected chi connectivity index (χ2v) is 5.56. The number of aryl methyl sites for hydroxylation is 2. The number of hydrogen-bond acceptors (Lipinski definition) is 5. The van der Waals surface area contributed by atoms with E-state index in [1.807, 2.05) is 43.3 Å². The van der Waals surface area contributed by atoms with E-state index in [4.69, 9.17) is 9.15 Å². The molecule has 0 bridgehead atoms. The Kier molecular flexibility index (Phi) is 5.09. The van der Waals surface area contributed by atoms with E-state index in [1.54, 1.807) is 19.2 Å². The van der Waals surface area contributed by atoms with Gasteiger partial charge in [-0.05, 0) is 30.7 Å². The molecule has 0 aliphatic rings. The number of amides is 1. The molecule has 0 fully saturated rings. The molecule has 0 spiro atoms. The van der Waals surface area contributed by atoms with Crippen LogP contribution in [0.3, 0.4) is 0 Å². The Balaban J connectivity index is 1.61. The topological polar surface area (TPSA) is 77.2 Å². The minimum absolute atomic E-state index is 0.139. The fourth-order valence-corrected chi connectivity index (χ4v) is 2.46. The maximum absolute atomic E-state index is 12.1. The Morgan fingerprint density at radius 3 is 2.68 bits per heavy atom. The Hall–Kier alpha value is -3.15. The van der Waals surface area contributed by atoms with E-state index in [9.17, 15) is 4.79 Å². The Labute approximate surface area is 145 Å². The normalized spacial score (nSPS) is 10.5. The van der Waals surface area contributed by atoms with E-state index in [-0.39, 0.29) is 12.3 Å². The van der Waals surface area contributed by atoms with E-state index < -0.39 is 0 Å². The number of anilines is 1. The fourth-order valence-electron chi connectivity index (χ4n) is 2.46. The fraction of sp³-hybridized carbons (Fsp3) is 0.211. The highest BCUT2D eigenvalue weighted by molar-refractivity contribution is 5.92. The summed E-state index contributed by atoms with van der Waals surface area (Å²) in [6.45, 7) is 1.99. The van der Waals surface area contributed by atoms with Crippen molar-refractivity contribution in [3.05, 3.63) is 60.0 Å². The van der Waals surface area contributed by atoms with Gasteiger partial charge < -0.3 is 14.5 Å². The number of nitrogens with one attached hydrogen (secondary N) is 1. The minimum atomic E-state index is -0.139. The van der Waals surface area contributed by atoms with Gasteiger partial charge in [0.25, 0.3) is 0 Å². The van der Waals surface area contributed by atoms with Crippen molar-refractivity contribution < 1.29 is 13.9 Å². The molecule has 0 saturated carbocycles. The molecule has 0 atom stereocenters. The number of methoxy groups -OCH3 is 1. The van der Waals surface area contributed by atoms with Crippen LogP contribution in [0.1, 0.15) is 17.9 Å². The van der Waals surface area contributed by atoms with Gasteiger partial charge in [0.15, 0.2) is 0 Å². The summed E-state index contributed by atoms with van der Waals surface area (Å²) >= 11 is 0. The Bertz CT molecular complexity index is 874. The molecule has 1 heterocycles. The van der Waals surface area contributed by atoms with Crippen molar-refractivity contribution in [2.75, 3.05) is 12.4 Å². The first-order chi connectivity index (χ1) is 12.2. The number of carbonyl (C=O) groups is 1. The number of carbonyl (C=O) groups excluding carboxylic acids is 1. The molecule has 25 heavy (non-hydrogen) atoms. The average Bonchev–Trinajstić information content (AvgIpc) is 3.09. The number of hydrogen-bond donors (Lipinski definition) is 1. The van der Waals surface area contributed by atoms with Crippen LogP contribution in [0.4, 0.5) is 5.69 Å². The van der Waals surface area contributed by atoms with Crippen LogP contribution in [-0.2, 0) is 11.2 Å². The minimum Gasteiger partial charge on any atom is -0.495 e. The van der Waals surface area contributed by atoms with E-state index >= 15 is 0 Å². The lowest BCUT2D eigenvalue weighted by Crippen LogP contribution is -2.13. The molecule has 0 saturated heterocycles. The van der Waals surface area contributed by atoms with Crippen LogP contribution in [0.25, 0.3) is 11.5 Å². The highest BCUT2D eigenvalue weighted by Crippen LogP contribution is 2.24. The van der Waals surface area contributed by atoms with Crippen LogP contribution < -0.4 is 10.1 Å². The Morgan fingerprint density at radius 1 is 1.12 bits per heavy atom. The van der Waals surface area contributed by atoms with Gasteiger partial charge in [-0.1, -0.05) is 30.3 Å². The maximum Gasteiger partial charge on any atom is 0.247 e. The second-order valence-electron chi connectivity index (χ2n) is 5.56. The molecule has 0 unspecified atom stereocenters. The third kappa shape index (κ3) is 4.03. The van der Waals surface area contributed by atoms with Gasteiger partial charge in [-0.25, -0.2) is 0 Å². The van der Waals surface area contributed by atoms with E-state index in [0.717, 1.165) is 11.1 Å². The highest BCUT2D eigenvalue weighted by Gasteiger charge is 2.13. The number of rotatable bonds is 6. The van der Waals surface area contributed by atoms with Crippen molar-refractivity contribution in [3.8, 4) is 17.2 Å². The van der Waals surface area contributed by atoms with Crippen molar-refractivity contribution in [1.82, 2.24) is 10.2 Å². The first-order valence-electron chi connectivity index (χ1n) is 7.98. The smallest absolute Gasteiger partial charge is 0.247 e. The van der Waals surface area contributed by atoms with Gasteiger partial charge in [-0.3, -0.25) is 4.79 Å². The van der Waals surface area contributed by atoms with Gasteiger partial charge in [-0.2, -0.15) is 0 Å². The zero-order valence-corrected chi connectivity index (χ0v) is 14.2. The van der Waals surface area contributed by atoms with Crippen LogP contribution in [0.15, 0.2) is 52.9 Å². The molecule has 128 valence electrons. The predicted molar refractivity (Wildman–Crippen MR) is 94.4 cm³/mol.